The lowest BCUT2D eigenvalue weighted by molar-refractivity contribution is -0.134. The van der Waals surface area contributed by atoms with Crippen LogP contribution in [0.25, 0.3) is 0 Å². The lowest BCUT2D eigenvalue weighted by Gasteiger charge is -2.15. The summed E-state index contributed by atoms with van der Waals surface area (Å²) in [5.41, 5.74) is 1.13. The molecule has 0 saturated heterocycles. The zero-order valence-electron chi connectivity index (χ0n) is 35.9. The maximum atomic E-state index is 12.4. The van der Waals surface area contributed by atoms with Gasteiger partial charge in [0.05, 0.1) is 0 Å². The number of carbonyl (C=O) groups excluding carboxylic acids is 5. The molecule has 1 aromatic rings. The second-order valence-electron chi connectivity index (χ2n) is 15.7. The van der Waals surface area contributed by atoms with Crippen LogP contribution in [0.3, 0.4) is 0 Å². The first-order valence-electron chi connectivity index (χ1n) is 22.5. The Morgan fingerprint density at radius 2 is 1.05 bits per heavy atom. The van der Waals surface area contributed by atoms with E-state index in [-0.39, 0.29) is 36.3 Å². The van der Waals surface area contributed by atoms with E-state index in [2.05, 4.69) is 22.5 Å². The number of benzene rings is 1. The molecule has 0 aliphatic carbocycles. The molecule has 0 aliphatic heterocycles. The van der Waals surface area contributed by atoms with Crippen LogP contribution in [0, 0.1) is 6.92 Å². The molecule has 0 aromatic heterocycles. The average Bonchev–Trinajstić information content (AvgIpc) is 3.19. The van der Waals surface area contributed by atoms with E-state index in [1.807, 2.05) is 31.2 Å². The molecule has 10 heteroatoms. The van der Waals surface area contributed by atoms with Gasteiger partial charge in [0.25, 0.3) is 0 Å². The minimum atomic E-state index is -0.205. The number of ether oxygens (including phenoxy) is 2. The third-order valence-electron chi connectivity index (χ3n) is 10.1. The highest BCUT2D eigenvalue weighted by atomic mass is 16.5. The van der Waals surface area contributed by atoms with Gasteiger partial charge in [-0.2, -0.15) is 0 Å². The van der Waals surface area contributed by atoms with Crippen molar-refractivity contribution < 1.29 is 33.4 Å². The number of ketones is 1. The standard InChI is InChI=1S/C47H79N3O7/c1-4-42(50-45(53)28-22-17-14-12-10-8-6-5-7-9-11-13-16-21-27-41(3)51)32-35-44(52)48-36-25-20-26-38-56-39-46(54)49-37-24-19-15-18-23-29-47(55)57-43-33-30-40(2)31-34-43/h4,30-31,33-34,42H,1,5-29,32,35-39H2,2-3H3,(H,48,52)(H,49,54)(H,50,53). The van der Waals surface area contributed by atoms with Gasteiger partial charge in [-0.05, 0) is 77.3 Å². The lowest BCUT2D eigenvalue weighted by Crippen LogP contribution is -2.34. The molecule has 3 N–H and O–H groups in total. The molecule has 57 heavy (non-hydrogen) atoms. The predicted molar refractivity (Wildman–Crippen MR) is 231 cm³/mol. The van der Waals surface area contributed by atoms with E-state index in [0.717, 1.165) is 82.6 Å². The van der Waals surface area contributed by atoms with Crippen LogP contribution in [0.2, 0.25) is 0 Å². The Kier molecular flexibility index (Phi) is 33.2. The molecule has 0 bridgehead atoms. The van der Waals surface area contributed by atoms with E-state index >= 15 is 0 Å². The van der Waals surface area contributed by atoms with Crippen molar-refractivity contribution in [3.8, 4) is 5.75 Å². The fourth-order valence-electron chi connectivity index (χ4n) is 6.57. The Labute approximate surface area is 345 Å². The van der Waals surface area contributed by atoms with Crippen molar-refractivity contribution in [2.24, 2.45) is 0 Å². The Morgan fingerprint density at radius 3 is 1.60 bits per heavy atom. The number of hydrogen-bond donors (Lipinski definition) is 3. The highest BCUT2D eigenvalue weighted by Crippen LogP contribution is 2.15. The zero-order chi connectivity index (χ0) is 41.6. The molecule has 324 valence electrons. The summed E-state index contributed by atoms with van der Waals surface area (Å²) in [7, 11) is 0. The second kappa shape index (κ2) is 36.8. The SMILES string of the molecule is C=CC(CCC(=O)NCCCCCOCC(=O)NCCCCCCCC(=O)Oc1ccc(C)cc1)NC(=O)CCCCCCCCCCCCCCCCC(C)=O. The third-order valence-corrected chi connectivity index (χ3v) is 10.1. The van der Waals surface area contributed by atoms with Crippen molar-refractivity contribution in [2.75, 3.05) is 26.3 Å². The molecule has 1 unspecified atom stereocenters. The maximum Gasteiger partial charge on any atom is 0.311 e. The number of Topliss-reactive ketones (excluding diaryl/α,β-unsaturated/α-hetero) is 1. The van der Waals surface area contributed by atoms with Gasteiger partial charge in [-0.15, -0.1) is 6.58 Å². The highest BCUT2D eigenvalue weighted by Gasteiger charge is 2.11. The fraction of sp³-hybridized carbons (Fsp3) is 0.723. The smallest absolute Gasteiger partial charge is 0.311 e. The minimum absolute atomic E-state index is 0.0256. The molecule has 0 spiro atoms. The number of unbranched alkanes of at least 4 members (excludes halogenated alkanes) is 19. The summed E-state index contributed by atoms with van der Waals surface area (Å²) in [5.74, 6) is 0.577. The van der Waals surface area contributed by atoms with Crippen LogP contribution < -0.4 is 20.7 Å². The van der Waals surface area contributed by atoms with Crippen LogP contribution in [-0.2, 0) is 28.7 Å². The summed E-state index contributed by atoms with van der Waals surface area (Å²) in [6.45, 7) is 9.26. The molecule has 10 nitrogen and oxygen atoms in total. The van der Waals surface area contributed by atoms with Crippen molar-refractivity contribution in [3.05, 3.63) is 42.5 Å². The highest BCUT2D eigenvalue weighted by molar-refractivity contribution is 5.78. The summed E-state index contributed by atoms with van der Waals surface area (Å²) in [5, 5.41) is 8.85. The van der Waals surface area contributed by atoms with Crippen LogP contribution in [0.1, 0.15) is 186 Å². The molecule has 0 fully saturated rings. The molecule has 3 amide bonds. The number of nitrogens with one attached hydrogen (secondary N) is 3. The number of aryl methyl sites for hydroxylation is 1. The normalized spacial score (nSPS) is 11.5. The first-order chi connectivity index (χ1) is 27.7. The number of rotatable bonds is 39. The second-order valence-corrected chi connectivity index (χ2v) is 15.7. The summed E-state index contributed by atoms with van der Waals surface area (Å²) < 4.78 is 10.8. The Balaban J connectivity index is 1.86. The molecular formula is C47H79N3O7. The lowest BCUT2D eigenvalue weighted by atomic mass is 10.0. The van der Waals surface area contributed by atoms with E-state index in [1.54, 1.807) is 13.0 Å². The van der Waals surface area contributed by atoms with Crippen molar-refractivity contribution in [2.45, 2.75) is 193 Å². The quantitative estimate of drug-likeness (QED) is 0.0261. The van der Waals surface area contributed by atoms with Gasteiger partial charge in [0, 0.05) is 51.4 Å². The van der Waals surface area contributed by atoms with Crippen molar-refractivity contribution in [1.29, 1.82) is 0 Å². The van der Waals surface area contributed by atoms with E-state index in [1.165, 1.54) is 70.6 Å². The predicted octanol–water partition coefficient (Wildman–Crippen LogP) is 9.94. The van der Waals surface area contributed by atoms with Crippen LogP contribution in [0.4, 0.5) is 0 Å². The Hall–Kier alpha value is -3.53. The van der Waals surface area contributed by atoms with Crippen LogP contribution in [0.5, 0.6) is 5.75 Å². The van der Waals surface area contributed by atoms with Crippen LogP contribution in [-0.4, -0.2) is 61.8 Å². The van der Waals surface area contributed by atoms with Gasteiger partial charge in [-0.25, -0.2) is 0 Å². The fourth-order valence-corrected chi connectivity index (χ4v) is 6.57. The number of esters is 1. The van der Waals surface area contributed by atoms with Crippen LogP contribution in [0.15, 0.2) is 36.9 Å². The van der Waals surface area contributed by atoms with Gasteiger partial charge in [0.2, 0.25) is 17.7 Å². The van der Waals surface area contributed by atoms with Gasteiger partial charge in [-0.1, -0.05) is 120 Å². The molecule has 1 aromatic carbocycles. The monoisotopic (exact) mass is 798 g/mol. The van der Waals surface area contributed by atoms with Crippen molar-refractivity contribution in [3.63, 3.8) is 0 Å². The van der Waals surface area contributed by atoms with Crippen molar-refractivity contribution in [1.82, 2.24) is 16.0 Å². The van der Waals surface area contributed by atoms with E-state index in [9.17, 15) is 24.0 Å². The van der Waals surface area contributed by atoms with Gasteiger partial charge in [-0.3, -0.25) is 19.2 Å². The molecule has 0 radical (unpaired) electrons. The summed E-state index contributed by atoms with van der Waals surface area (Å²) in [4.78, 5) is 59.7. The summed E-state index contributed by atoms with van der Waals surface area (Å²) >= 11 is 0. The average molecular weight is 798 g/mol. The largest absolute Gasteiger partial charge is 0.427 e. The first-order valence-corrected chi connectivity index (χ1v) is 22.5. The van der Waals surface area contributed by atoms with Crippen LogP contribution >= 0.6 is 0 Å². The summed E-state index contributed by atoms with van der Waals surface area (Å²) in [6.07, 6.45) is 28.4. The van der Waals surface area contributed by atoms with Crippen molar-refractivity contribution >= 4 is 29.5 Å². The van der Waals surface area contributed by atoms with Gasteiger partial charge in [0.1, 0.15) is 18.1 Å². The first kappa shape index (κ1) is 51.5. The third kappa shape index (κ3) is 34.2. The molecule has 0 saturated carbocycles. The number of carbonyl (C=O) groups is 5. The van der Waals surface area contributed by atoms with Gasteiger partial charge >= 0.3 is 5.97 Å². The molecule has 1 rings (SSSR count). The van der Waals surface area contributed by atoms with Gasteiger partial charge in [0.15, 0.2) is 0 Å². The van der Waals surface area contributed by atoms with E-state index in [4.69, 9.17) is 9.47 Å². The molecule has 0 aliphatic rings. The topological polar surface area (TPSA) is 140 Å². The van der Waals surface area contributed by atoms with Gasteiger partial charge < -0.3 is 30.2 Å². The van der Waals surface area contributed by atoms with E-state index in [0.29, 0.717) is 56.9 Å². The minimum Gasteiger partial charge on any atom is -0.427 e. The Bertz CT molecular complexity index is 1220. The maximum absolute atomic E-state index is 12.4. The molecular weight excluding hydrogens is 719 g/mol. The summed E-state index contributed by atoms with van der Waals surface area (Å²) in [6, 6.07) is 7.25. The number of amides is 3. The zero-order valence-corrected chi connectivity index (χ0v) is 35.9. The molecule has 0 heterocycles. The molecule has 1 atom stereocenters. The van der Waals surface area contributed by atoms with E-state index < -0.39 is 0 Å². The number of hydrogen-bond acceptors (Lipinski definition) is 7. The Morgan fingerprint density at radius 1 is 0.579 bits per heavy atom.